The zero-order valence-corrected chi connectivity index (χ0v) is 15.0. The third-order valence-electron chi connectivity index (χ3n) is 4.69. The number of ether oxygens (including phenoxy) is 2. The summed E-state index contributed by atoms with van der Waals surface area (Å²) in [6, 6.07) is 10.8. The van der Waals surface area contributed by atoms with E-state index in [9.17, 15) is 8.42 Å². The molecule has 6 heteroatoms. The van der Waals surface area contributed by atoms with Crippen LogP contribution in [0.5, 0.6) is 11.5 Å². The maximum Gasteiger partial charge on any atom is 0.264 e. The smallest absolute Gasteiger partial charge is 0.264 e. The fraction of sp³-hybridized carbons (Fsp3) is 0.368. The number of rotatable bonds is 2. The zero-order valence-electron chi connectivity index (χ0n) is 14.2. The van der Waals surface area contributed by atoms with E-state index in [1.54, 1.807) is 22.5 Å². The number of para-hydroxylation sites is 1. The van der Waals surface area contributed by atoms with Gasteiger partial charge in [-0.05, 0) is 43.0 Å². The summed E-state index contributed by atoms with van der Waals surface area (Å²) < 4.78 is 39.4. The van der Waals surface area contributed by atoms with Crippen LogP contribution in [0.25, 0.3) is 0 Å². The lowest BCUT2D eigenvalue weighted by Gasteiger charge is -2.32. The van der Waals surface area contributed by atoms with Crippen molar-refractivity contribution in [3.8, 4) is 11.5 Å². The Kier molecular flexibility index (Phi) is 4.07. The van der Waals surface area contributed by atoms with Crippen LogP contribution in [0, 0.1) is 6.92 Å². The quantitative estimate of drug-likeness (QED) is 0.826. The minimum absolute atomic E-state index is 0.243. The SMILES string of the molecule is Cc1cccc2c1N(S(=O)(=O)c1ccc3c(c1)OCCCO3)CCC2. The van der Waals surface area contributed by atoms with Gasteiger partial charge in [-0.1, -0.05) is 18.2 Å². The van der Waals surface area contributed by atoms with Crippen LogP contribution in [-0.4, -0.2) is 28.2 Å². The Morgan fingerprint density at radius 3 is 2.64 bits per heavy atom. The molecule has 4 rings (SSSR count). The molecule has 2 aromatic rings. The summed E-state index contributed by atoms with van der Waals surface area (Å²) >= 11 is 0. The third kappa shape index (κ3) is 2.84. The summed E-state index contributed by atoms with van der Waals surface area (Å²) in [4.78, 5) is 0.243. The van der Waals surface area contributed by atoms with Gasteiger partial charge in [-0.25, -0.2) is 8.42 Å². The van der Waals surface area contributed by atoms with Crippen LogP contribution in [0.2, 0.25) is 0 Å². The van der Waals surface area contributed by atoms with E-state index in [2.05, 4.69) is 0 Å². The Labute approximate surface area is 148 Å². The van der Waals surface area contributed by atoms with Crippen molar-refractivity contribution in [2.75, 3.05) is 24.1 Å². The van der Waals surface area contributed by atoms with Gasteiger partial charge in [0, 0.05) is 19.0 Å². The Morgan fingerprint density at radius 2 is 1.80 bits per heavy atom. The lowest BCUT2D eigenvalue weighted by atomic mass is 10.0. The van der Waals surface area contributed by atoms with Crippen molar-refractivity contribution in [3.05, 3.63) is 47.5 Å². The second-order valence-corrected chi connectivity index (χ2v) is 8.28. The second kappa shape index (κ2) is 6.26. The molecule has 2 aliphatic rings. The number of hydrogen-bond acceptors (Lipinski definition) is 4. The number of hydrogen-bond donors (Lipinski definition) is 0. The number of aryl methyl sites for hydroxylation is 2. The lowest BCUT2D eigenvalue weighted by Crippen LogP contribution is -2.36. The molecule has 0 bridgehead atoms. The van der Waals surface area contributed by atoms with Gasteiger partial charge in [-0.15, -0.1) is 0 Å². The molecule has 0 saturated carbocycles. The van der Waals surface area contributed by atoms with Crippen molar-refractivity contribution in [2.45, 2.75) is 31.1 Å². The minimum Gasteiger partial charge on any atom is -0.490 e. The van der Waals surface area contributed by atoms with Crippen LogP contribution >= 0.6 is 0 Å². The van der Waals surface area contributed by atoms with E-state index in [1.165, 1.54) is 0 Å². The minimum atomic E-state index is -3.65. The predicted molar refractivity (Wildman–Crippen MR) is 96.1 cm³/mol. The standard InChI is InChI=1S/C19H21NO4S/c1-14-5-2-6-15-7-3-10-20(19(14)15)25(21,22)16-8-9-17-18(13-16)24-12-4-11-23-17/h2,5-6,8-9,13H,3-4,7,10-12H2,1H3. The molecule has 2 aromatic carbocycles. The Hall–Kier alpha value is -2.21. The van der Waals surface area contributed by atoms with Crippen LogP contribution in [0.1, 0.15) is 24.0 Å². The molecule has 2 aliphatic heterocycles. The van der Waals surface area contributed by atoms with E-state index in [0.717, 1.165) is 36.1 Å². The maximum absolute atomic E-state index is 13.3. The first-order valence-electron chi connectivity index (χ1n) is 8.58. The van der Waals surface area contributed by atoms with Gasteiger partial charge in [-0.3, -0.25) is 4.31 Å². The first-order valence-corrected chi connectivity index (χ1v) is 10.0. The van der Waals surface area contributed by atoms with Gasteiger partial charge >= 0.3 is 0 Å². The van der Waals surface area contributed by atoms with Crippen molar-refractivity contribution < 1.29 is 17.9 Å². The number of benzene rings is 2. The molecule has 25 heavy (non-hydrogen) atoms. The Bertz CT molecular complexity index is 908. The molecule has 0 unspecified atom stereocenters. The molecule has 0 aliphatic carbocycles. The van der Waals surface area contributed by atoms with Crippen LogP contribution in [0.4, 0.5) is 5.69 Å². The van der Waals surface area contributed by atoms with E-state index in [4.69, 9.17) is 9.47 Å². The zero-order chi connectivity index (χ0) is 17.4. The molecule has 0 atom stereocenters. The summed E-state index contributed by atoms with van der Waals surface area (Å²) in [6.45, 7) is 3.56. The predicted octanol–water partition coefficient (Wildman–Crippen LogP) is 3.30. The molecule has 0 N–H and O–H groups in total. The second-order valence-electron chi connectivity index (χ2n) is 6.42. The fourth-order valence-electron chi connectivity index (χ4n) is 3.47. The van der Waals surface area contributed by atoms with E-state index >= 15 is 0 Å². The molecule has 132 valence electrons. The van der Waals surface area contributed by atoms with Gasteiger partial charge in [0.05, 0.1) is 23.8 Å². The number of nitrogens with zero attached hydrogens (tertiary/aromatic N) is 1. The largest absolute Gasteiger partial charge is 0.490 e. The summed E-state index contributed by atoms with van der Waals surface area (Å²) in [6.07, 6.45) is 2.51. The Morgan fingerprint density at radius 1 is 1.00 bits per heavy atom. The summed E-state index contributed by atoms with van der Waals surface area (Å²) in [5.74, 6) is 1.10. The highest BCUT2D eigenvalue weighted by atomic mass is 32.2. The third-order valence-corrected chi connectivity index (χ3v) is 6.48. The van der Waals surface area contributed by atoms with Gasteiger partial charge < -0.3 is 9.47 Å². The van der Waals surface area contributed by atoms with Crippen LogP contribution in [-0.2, 0) is 16.4 Å². The molecule has 0 spiro atoms. The van der Waals surface area contributed by atoms with Gasteiger partial charge in [0.15, 0.2) is 11.5 Å². The molecule has 2 heterocycles. The summed E-state index contributed by atoms with van der Waals surface area (Å²) in [7, 11) is -3.65. The van der Waals surface area contributed by atoms with E-state index < -0.39 is 10.0 Å². The van der Waals surface area contributed by atoms with Crippen molar-refractivity contribution in [1.82, 2.24) is 0 Å². The molecule has 0 saturated heterocycles. The van der Waals surface area contributed by atoms with Crippen molar-refractivity contribution in [2.24, 2.45) is 0 Å². The van der Waals surface area contributed by atoms with E-state index in [0.29, 0.717) is 31.3 Å². The molecule has 5 nitrogen and oxygen atoms in total. The number of sulfonamides is 1. The van der Waals surface area contributed by atoms with Crippen LogP contribution < -0.4 is 13.8 Å². The maximum atomic E-state index is 13.3. The van der Waals surface area contributed by atoms with E-state index in [-0.39, 0.29) is 4.90 Å². The molecular formula is C19H21NO4S. The highest BCUT2D eigenvalue weighted by molar-refractivity contribution is 7.92. The topological polar surface area (TPSA) is 55.8 Å². The normalized spacial score (nSPS) is 16.9. The van der Waals surface area contributed by atoms with Crippen molar-refractivity contribution in [1.29, 1.82) is 0 Å². The lowest BCUT2D eigenvalue weighted by molar-refractivity contribution is 0.297. The Balaban J connectivity index is 1.78. The van der Waals surface area contributed by atoms with Gasteiger partial charge in [0.25, 0.3) is 10.0 Å². The summed E-state index contributed by atoms with van der Waals surface area (Å²) in [5.41, 5.74) is 2.89. The van der Waals surface area contributed by atoms with E-state index in [1.807, 2.05) is 25.1 Å². The number of anilines is 1. The van der Waals surface area contributed by atoms with Crippen molar-refractivity contribution in [3.63, 3.8) is 0 Å². The molecule has 0 fully saturated rings. The highest BCUT2D eigenvalue weighted by Gasteiger charge is 2.31. The van der Waals surface area contributed by atoms with Crippen molar-refractivity contribution >= 4 is 15.7 Å². The first kappa shape index (κ1) is 16.3. The fourth-order valence-corrected chi connectivity index (χ4v) is 5.10. The molecule has 0 aromatic heterocycles. The van der Waals surface area contributed by atoms with Crippen LogP contribution in [0.3, 0.4) is 0 Å². The highest BCUT2D eigenvalue weighted by Crippen LogP contribution is 2.37. The monoisotopic (exact) mass is 359 g/mol. The molecule has 0 radical (unpaired) electrons. The van der Waals surface area contributed by atoms with Gasteiger partial charge in [0.1, 0.15) is 0 Å². The molecule has 0 amide bonds. The average molecular weight is 359 g/mol. The van der Waals surface area contributed by atoms with Gasteiger partial charge in [0.2, 0.25) is 0 Å². The number of fused-ring (bicyclic) bond motifs is 2. The average Bonchev–Trinajstić information content (AvgIpc) is 2.86. The van der Waals surface area contributed by atoms with Gasteiger partial charge in [-0.2, -0.15) is 0 Å². The summed E-state index contributed by atoms with van der Waals surface area (Å²) in [5, 5.41) is 0. The first-order chi connectivity index (χ1) is 12.1. The molecular weight excluding hydrogens is 338 g/mol. The van der Waals surface area contributed by atoms with Crippen LogP contribution in [0.15, 0.2) is 41.3 Å².